The number of piperidine rings is 1. The fraction of sp³-hybridized carbons (Fsp3) is 0.583. The van der Waals surface area contributed by atoms with Crippen LogP contribution in [0.5, 0.6) is 0 Å². The Labute approximate surface area is 116 Å². The van der Waals surface area contributed by atoms with Crippen LogP contribution < -0.4 is 10.6 Å². The van der Waals surface area contributed by atoms with E-state index in [2.05, 4.69) is 32.0 Å². The fourth-order valence-corrected chi connectivity index (χ4v) is 2.86. The van der Waals surface area contributed by atoms with Crippen LogP contribution in [0.3, 0.4) is 0 Å². The highest BCUT2D eigenvalue weighted by Crippen LogP contribution is 2.23. The summed E-state index contributed by atoms with van der Waals surface area (Å²) in [6, 6.07) is 0.192. The molecule has 0 bridgehead atoms. The molecular weight excluding hydrogens is 260 g/mol. The molecule has 102 valence electrons. The lowest BCUT2D eigenvalue weighted by Gasteiger charge is -2.34. The van der Waals surface area contributed by atoms with Crippen molar-refractivity contribution in [2.75, 3.05) is 18.0 Å². The molecule has 0 aliphatic carbocycles. The third kappa shape index (κ3) is 2.48. The molecule has 19 heavy (non-hydrogen) atoms. The Hall–Kier alpha value is -1.47. The van der Waals surface area contributed by atoms with E-state index in [-0.39, 0.29) is 6.04 Å². The Balaban J connectivity index is 1.78. The zero-order valence-electron chi connectivity index (χ0n) is 11.1. The number of aromatic amines is 1. The predicted molar refractivity (Wildman–Crippen MR) is 76.2 cm³/mol. The minimum absolute atomic E-state index is 0.192. The maximum atomic E-state index is 6.11. The van der Waals surface area contributed by atoms with Gasteiger partial charge in [0, 0.05) is 24.5 Å². The van der Waals surface area contributed by atoms with Gasteiger partial charge in [0.2, 0.25) is 5.95 Å². The number of hydrogen-bond acceptors (Lipinski definition) is 6. The molecule has 2 aromatic rings. The van der Waals surface area contributed by atoms with Crippen LogP contribution in [0.15, 0.2) is 5.38 Å². The summed E-state index contributed by atoms with van der Waals surface area (Å²) in [6.07, 6.45) is 1.08. The summed E-state index contributed by atoms with van der Waals surface area (Å²) >= 11 is 1.61. The lowest BCUT2D eigenvalue weighted by molar-refractivity contribution is 0.376. The van der Waals surface area contributed by atoms with Crippen molar-refractivity contribution in [3.63, 3.8) is 0 Å². The summed E-state index contributed by atoms with van der Waals surface area (Å²) in [5.74, 6) is 2.02. The van der Waals surface area contributed by atoms with Gasteiger partial charge in [-0.05, 0) is 19.3 Å². The number of rotatable bonds is 2. The minimum Gasteiger partial charge on any atom is -0.338 e. The number of nitrogens with one attached hydrogen (secondary N) is 1. The minimum atomic E-state index is 0.192. The lowest BCUT2D eigenvalue weighted by atomic mass is 9.95. The normalized spacial score (nSPS) is 23.8. The number of nitrogens with zero attached hydrogens (tertiary/aromatic N) is 4. The van der Waals surface area contributed by atoms with Gasteiger partial charge in [0.1, 0.15) is 5.69 Å². The van der Waals surface area contributed by atoms with E-state index >= 15 is 0 Å². The molecular formula is C12H18N6S. The molecule has 3 rings (SSSR count). The first kappa shape index (κ1) is 12.6. The van der Waals surface area contributed by atoms with Crippen LogP contribution in [0.25, 0.3) is 11.5 Å². The maximum Gasteiger partial charge on any atom is 0.245 e. The second-order valence-electron chi connectivity index (χ2n) is 5.11. The van der Waals surface area contributed by atoms with E-state index < -0.39 is 0 Å². The molecule has 3 heterocycles. The molecule has 2 aromatic heterocycles. The smallest absolute Gasteiger partial charge is 0.245 e. The summed E-state index contributed by atoms with van der Waals surface area (Å²) in [5.41, 5.74) is 6.97. The molecule has 2 atom stereocenters. The first-order chi connectivity index (χ1) is 9.13. The van der Waals surface area contributed by atoms with Crippen LogP contribution in [0.4, 0.5) is 5.95 Å². The Morgan fingerprint density at radius 2 is 2.32 bits per heavy atom. The van der Waals surface area contributed by atoms with E-state index in [0.717, 1.165) is 42.0 Å². The Morgan fingerprint density at radius 1 is 1.47 bits per heavy atom. The van der Waals surface area contributed by atoms with Crippen molar-refractivity contribution in [1.82, 2.24) is 20.2 Å². The van der Waals surface area contributed by atoms with Crippen LogP contribution in [-0.2, 0) is 0 Å². The fourth-order valence-electron chi connectivity index (χ4n) is 2.26. The third-order valence-electron chi connectivity index (χ3n) is 3.63. The SMILES string of the molecule is Cc1nc(-c2nc(N3CCC(C)C(N)C3)n[nH]2)cs1. The van der Waals surface area contributed by atoms with Gasteiger partial charge in [-0.3, -0.25) is 5.10 Å². The second-order valence-corrected chi connectivity index (χ2v) is 6.17. The van der Waals surface area contributed by atoms with Crippen LogP contribution in [-0.4, -0.2) is 39.3 Å². The standard InChI is InChI=1S/C12H18N6S/c1-7-3-4-18(5-9(7)13)12-15-11(16-17-12)10-6-19-8(2)14-10/h6-7,9H,3-5,13H2,1-2H3,(H,15,16,17). The molecule has 0 saturated carbocycles. The van der Waals surface area contributed by atoms with Crippen molar-refractivity contribution in [2.24, 2.45) is 11.7 Å². The molecule has 1 fully saturated rings. The molecule has 0 amide bonds. The van der Waals surface area contributed by atoms with Gasteiger partial charge < -0.3 is 10.6 Å². The monoisotopic (exact) mass is 278 g/mol. The van der Waals surface area contributed by atoms with E-state index in [1.807, 2.05) is 12.3 Å². The number of anilines is 1. The number of thiazole rings is 1. The average molecular weight is 278 g/mol. The molecule has 1 aliphatic rings. The highest BCUT2D eigenvalue weighted by molar-refractivity contribution is 7.09. The van der Waals surface area contributed by atoms with E-state index in [4.69, 9.17) is 5.73 Å². The van der Waals surface area contributed by atoms with Gasteiger partial charge in [-0.15, -0.1) is 16.4 Å². The number of aromatic nitrogens is 4. The topological polar surface area (TPSA) is 83.7 Å². The molecule has 0 spiro atoms. The summed E-state index contributed by atoms with van der Waals surface area (Å²) in [6.45, 7) is 5.96. The van der Waals surface area contributed by atoms with Gasteiger partial charge in [0.15, 0.2) is 5.82 Å². The van der Waals surface area contributed by atoms with Crippen molar-refractivity contribution in [1.29, 1.82) is 0 Å². The molecule has 0 aromatic carbocycles. The number of H-pyrrole nitrogens is 1. The average Bonchev–Trinajstić information content (AvgIpc) is 3.01. The van der Waals surface area contributed by atoms with E-state index in [0.29, 0.717) is 5.92 Å². The summed E-state index contributed by atoms with van der Waals surface area (Å²) in [4.78, 5) is 11.1. The van der Waals surface area contributed by atoms with Gasteiger partial charge >= 0.3 is 0 Å². The van der Waals surface area contributed by atoms with E-state index in [1.165, 1.54) is 0 Å². The predicted octanol–water partition coefficient (Wildman–Crippen LogP) is 1.41. The quantitative estimate of drug-likeness (QED) is 0.867. The van der Waals surface area contributed by atoms with Crippen LogP contribution in [0, 0.1) is 12.8 Å². The van der Waals surface area contributed by atoms with Gasteiger partial charge in [-0.2, -0.15) is 4.98 Å². The van der Waals surface area contributed by atoms with Crippen molar-refractivity contribution >= 4 is 17.3 Å². The highest BCUT2D eigenvalue weighted by atomic mass is 32.1. The van der Waals surface area contributed by atoms with E-state index in [9.17, 15) is 0 Å². The first-order valence-electron chi connectivity index (χ1n) is 6.49. The van der Waals surface area contributed by atoms with Crippen molar-refractivity contribution in [3.8, 4) is 11.5 Å². The van der Waals surface area contributed by atoms with Crippen molar-refractivity contribution < 1.29 is 0 Å². The summed E-state index contributed by atoms with van der Waals surface area (Å²) in [5, 5.41) is 10.3. The van der Waals surface area contributed by atoms with Crippen molar-refractivity contribution in [2.45, 2.75) is 26.3 Å². The molecule has 6 nitrogen and oxygen atoms in total. The molecule has 3 N–H and O–H groups in total. The first-order valence-corrected chi connectivity index (χ1v) is 7.37. The summed E-state index contributed by atoms with van der Waals surface area (Å²) in [7, 11) is 0. The third-order valence-corrected chi connectivity index (χ3v) is 4.41. The van der Waals surface area contributed by atoms with Crippen LogP contribution in [0.1, 0.15) is 18.4 Å². The number of nitrogens with two attached hydrogens (primary N) is 1. The maximum absolute atomic E-state index is 6.11. The molecule has 1 aliphatic heterocycles. The Kier molecular flexibility index (Phi) is 3.24. The Morgan fingerprint density at radius 3 is 3.00 bits per heavy atom. The van der Waals surface area contributed by atoms with Gasteiger partial charge in [-0.1, -0.05) is 6.92 Å². The highest BCUT2D eigenvalue weighted by Gasteiger charge is 2.25. The molecule has 2 unspecified atom stereocenters. The van der Waals surface area contributed by atoms with Crippen LogP contribution >= 0.6 is 11.3 Å². The van der Waals surface area contributed by atoms with Gasteiger partial charge in [0.25, 0.3) is 0 Å². The van der Waals surface area contributed by atoms with Gasteiger partial charge in [-0.25, -0.2) is 4.98 Å². The van der Waals surface area contributed by atoms with Gasteiger partial charge in [0.05, 0.1) is 5.01 Å². The molecule has 1 saturated heterocycles. The van der Waals surface area contributed by atoms with Crippen molar-refractivity contribution in [3.05, 3.63) is 10.4 Å². The second kappa shape index (κ2) is 4.90. The molecule has 7 heteroatoms. The zero-order chi connectivity index (χ0) is 13.4. The largest absolute Gasteiger partial charge is 0.338 e. The molecule has 0 radical (unpaired) electrons. The van der Waals surface area contributed by atoms with Crippen LogP contribution in [0.2, 0.25) is 0 Å². The zero-order valence-corrected chi connectivity index (χ0v) is 11.9. The summed E-state index contributed by atoms with van der Waals surface area (Å²) < 4.78 is 0. The number of aryl methyl sites for hydroxylation is 1. The lowest BCUT2D eigenvalue weighted by Crippen LogP contribution is -2.48. The number of hydrogen-bond donors (Lipinski definition) is 2. The van der Waals surface area contributed by atoms with E-state index in [1.54, 1.807) is 11.3 Å². The Bertz CT molecular complexity index is 562.